The maximum Gasteiger partial charge on any atom is 0.227 e. The number of rotatable bonds is 9. The topological polar surface area (TPSA) is 66.5 Å². The molecule has 0 aromatic heterocycles. The van der Waals surface area contributed by atoms with E-state index in [0.717, 1.165) is 41.6 Å². The molecule has 1 fully saturated rings. The molecule has 0 unspecified atom stereocenters. The summed E-state index contributed by atoms with van der Waals surface area (Å²) in [6.45, 7) is 5.01. The number of carbonyl (C=O) groups is 1. The molecule has 1 heterocycles. The van der Waals surface area contributed by atoms with E-state index in [1.54, 1.807) is 4.31 Å². The van der Waals surface area contributed by atoms with Gasteiger partial charge < -0.3 is 5.32 Å². The molecule has 0 aliphatic carbocycles. The van der Waals surface area contributed by atoms with Gasteiger partial charge in [0.15, 0.2) is 0 Å². The molecule has 2 aromatic rings. The maximum atomic E-state index is 12.9. The summed E-state index contributed by atoms with van der Waals surface area (Å²) in [4.78, 5) is 12.9. The predicted molar refractivity (Wildman–Crippen MR) is 127 cm³/mol. The third-order valence-corrected chi connectivity index (χ3v) is 8.13. The van der Waals surface area contributed by atoms with Crippen molar-refractivity contribution in [2.45, 2.75) is 52.4 Å². The zero-order valence-corrected chi connectivity index (χ0v) is 19.5. The lowest BCUT2D eigenvalue weighted by Gasteiger charge is -2.31. The van der Waals surface area contributed by atoms with Gasteiger partial charge in [-0.05, 0) is 55.2 Å². The molecule has 1 saturated heterocycles. The summed E-state index contributed by atoms with van der Waals surface area (Å²) < 4.78 is 27.0. The second-order valence-corrected chi connectivity index (χ2v) is 10.3. The van der Waals surface area contributed by atoms with Crippen LogP contribution >= 0.6 is 0 Å². The number of nitrogens with zero attached hydrogens (tertiary/aromatic N) is 1. The molecule has 1 amide bonds. The first-order chi connectivity index (χ1) is 14.9. The molecule has 0 saturated carbocycles. The Morgan fingerprint density at radius 2 is 1.58 bits per heavy atom. The lowest BCUT2D eigenvalue weighted by molar-refractivity contribution is -0.120. The van der Waals surface area contributed by atoms with Crippen molar-refractivity contribution in [2.75, 3.05) is 24.2 Å². The molecule has 31 heavy (non-hydrogen) atoms. The van der Waals surface area contributed by atoms with Gasteiger partial charge in [0, 0.05) is 24.7 Å². The quantitative estimate of drug-likeness (QED) is 0.625. The van der Waals surface area contributed by atoms with Gasteiger partial charge in [0.2, 0.25) is 15.9 Å². The minimum atomic E-state index is -3.28. The van der Waals surface area contributed by atoms with E-state index >= 15 is 0 Å². The van der Waals surface area contributed by atoms with Crippen LogP contribution in [0.2, 0.25) is 0 Å². The van der Waals surface area contributed by atoms with Gasteiger partial charge in [-0.15, -0.1) is 0 Å². The van der Waals surface area contributed by atoms with Crippen LogP contribution in [0.5, 0.6) is 0 Å². The molecular weight excluding hydrogens is 408 g/mol. The van der Waals surface area contributed by atoms with Gasteiger partial charge in [0.05, 0.1) is 5.75 Å². The number of aryl methyl sites for hydroxylation is 3. The van der Waals surface area contributed by atoms with Crippen molar-refractivity contribution in [3.8, 4) is 0 Å². The van der Waals surface area contributed by atoms with E-state index in [4.69, 9.17) is 0 Å². The Morgan fingerprint density at radius 3 is 2.16 bits per heavy atom. The van der Waals surface area contributed by atoms with E-state index in [0.29, 0.717) is 32.4 Å². The Kier molecular flexibility index (Phi) is 8.27. The molecule has 1 aliphatic rings. The van der Waals surface area contributed by atoms with Crippen LogP contribution < -0.4 is 5.32 Å². The predicted octanol–water partition coefficient (Wildman–Crippen LogP) is 4.42. The summed E-state index contributed by atoms with van der Waals surface area (Å²) in [5.74, 6) is 0.0183. The number of sulfonamides is 1. The second-order valence-electron chi connectivity index (χ2n) is 8.23. The van der Waals surface area contributed by atoms with E-state index in [9.17, 15) is 13.2 Å². The zero-order chi connectivity index (χ0) is 22.3. The normalized spacial score (nSPS) is 15.7. The van der Waals surface area contributed by atoms with Crippen molar-refractivity contribution in [1.29, 1.82) is 0 Å². The fraction of sp³-hybridized carbons (Fsp3) is 0.480. The van der Waals surface area contributed by atoms with Crippen LogP contribution in [-0.4, -0.2) is 37.5 Å². The standard InChI is InChI=1S/C25H34N2O3S/c1-3-21-13-8-14-22(4-2)24(21)26-25(28)23-15-17-27(18-16-23)31(29,30)19-9-12-20-10-6-5-7-11-20/h5-8,10-11,13-14,23H,3-4,9,12,15-19H2,1-2H3,(H,26,28). The van der Waals surface area contributed by atoms with Gasteiger partial charge in [0.1, 0.15) is 0 Å². The lowest BCUT2D eigenvalue weighted by atomic mass is 9.96. The average molecular weight is 443 g/mol. The molecular formula is C25H34N2O3S. The van der Waals surface area contributed by atoms with E-state index < -0.39 is 10.0 Å². The van der Waals surface area contributed by atoms with Crippen LogP contribution in [0.25, 0.3) is 0 Å². The SMILES string of the molecule is CCc1cccc(CC)c1NC(=O)C1CCN(S(=O)(=O)CCCc2ccccc2)CC1. The monoisotopic (exact) mass is 442 g/mol. The van der Waals surface area contributed by atoms with Crippen LogP contribution in [0.15, 0.2) is 48.5 Å². The van der Waals surface area contributed by atoms with Crippen LogP contribution in [0.1, 0.15) is 49.8 Å². The fourth-order valence-electron chi connectivity index (χ4n) is 4.26. The summed E-state index contributed by atoms with van der Waals surface area (Å²) >= 11 is 0. The number of nitrogens with one attached hydrogen (secondary N) is 1. The number of benzene rings is 2. The van der Waals surface area contributed by atoms with Gasteiger partial charge in [-0.1, -0.05) is 62.4 Å². The van der Waals surface area contributed by atoms with Crippen LogP contribution in [-0.2, 0) is 34.1 Å². The number of para-hydroxylation sites is 1. The highest BCUT2D eigenvalue weighted by Gasteiger charge is 2.31. The van der Waals surface area contributed by atoms with E-state index in [2.05, 4.69) is 31.3 Å². The summed E-state index contributed by atoms with van der Waals surface area (Å²) in [6, 6.07) is 16.1. The average Bonchev–Trinajstić information content (AvgIpc) is 2.80. The highest BCUT2D eigenvalue weighted by atomic mass is 32.2. The van der Waals surface area contributed by atoms with Crippen LogP contribution in [0.4, 0.5) is 5.69 Å². The second kappa shape index (κ2) is 10.9. The van der Waals surface area contributed by atoms with Gasteiger partial charge in [-0.3, -0.25) is 4.79 Å². The number of piperidine rings is 1. The molecule has 1 N–H and O–H groups in total. The van der Waals surface area contributed by atoms with Crippen molar-refractivity contribution in [3.05, 3.63) is 65.2 Å². The van der Waals surface area contributed by atoms with E-state index in [1.807, 2.05) is 36.4 Å². The van der Waals surface area contributed by atoms with Gasteiger partial charge in [-0.2, -0.15) is 0 Å². The van der Waals surface area contributed by atoms with Crippen molar-refractivity contribution in [2.24, 2.45) is 5.92 Å². The smallest absolute Gasteiger partial charge is 0.227 e. The number of amides is 1. The molecule has 2 aromatic carbocycles. The minimum absolute atomic E-state index is 0.0109. The summed E-state index contributed by atoms with van der Waals surface area (Å²) in [6.07, 6.45) is 4.24. The molecule has 168 valence electrons. The summed E-state index contributed by atoms with van der Waals surface area (Å²) in [5, 5.41) is 3.15. The molecule has 6 heteroatoms. The minimum Gasteiger partial charge on any atom is -0.325 e. The molecule has 0 bridgehead atoms. The van der Waals surface area contributed by atoms with Crippen molar-refractivity contribution in [3.63, 3.8) is 0 Å². The number of hydrogen-bond acceptors (Lipinski definition) is 3. The molecule has 0 spiro atoms. The number of hydrogen-bond donors (Lipinski definition) is 1. The first-order valence-corrected chi connectivity index (χ1v) is 13.0. The van der Waals surface area contributed by atoms with Crippen molar-refractivity contribution in [1.82, 2.24) is 4.31 Å². The van der Waals surface area contributed by atoms with Crippen molar-refractivity contribution < 1.29 is 13.2 Å². The van der Waals surface area contributed by atoms with Crippen LogP contribution in [0, 0.1) is 5.92 Å². The molecule has 0 atom stereocenters. The highest BCUT2D eigenvalue weighted by molar-refractivity contribution is 7.89. The Morgan fingerprint density at radius 1 is 0.968 bits per heavy atom. The zero-order valence-electron chi connectivity index (χ0n) is 18.6. The molecule has 1 aliphatic heterocycles. The Hall–Kier alpha value is -2.18. The third-order valence-electron chi connectivity index (χ3n) is 6.18. The summed E-state index contributed by atoms with van der Waals surface area (Å²) in [5.41, 5.74) is 4.39. The first kappa shape index (κ1) is 23.5. The number of carbonyl (C=O) groups excluding carboxylic acids is 1. The van der Waals surface area contributed by atoms with Crippen LogP contribution in [0.3, 0.4) is 0 Å². The third kappa shape index (κ3) is 6.17. The maximum absolute atomic E-state index is 12.9. The summed E-state index contributed by atoms with van der Waals surface area (Å²) in [7, 11) is -3.28. The largest absolute Gasteiger partial charge is 0.325 e. The Balaban J connectivity index is 1.52. The molecule has 5 nitrogen and oxygen atoms in total. The van der Waals surface area contributed by atoms with E-state index in [-0.39, 0.29) is 17.6 Å². The fourth-order valence-corrected chi connectivity index (χ4v) is 5.79. The Labute approximate surface area is 186 Å². The highest BCUT2D eigenvalue weighted by Crippen LogP contribution is 2.26. The van der Waals surface area contributed by atoms with Crippen molar-refractivity contribution >= 4 is 21.6 Å². The van der Waals surface area contributed by atoms with Gasteiger partial charge in [-0.25, -0.2) is 12.7 Å². The Bertz CT molecular complexity index is 943. The van der Waals surface area contributed by atoms with E-state index in [1.165, 1.54) is 0 Å². The molecule has 3 rings (SSSR count). The van der Waals surface area contributed by atoms with Gasteiger partial charge in [0.25, 0.3) is 0 Å². The number of anilines is 1. The molecule has 0 radical (unpaired) electrons. The first-order valence-electron chi connectivity index (χ1n) is 11.4. The lowest BCUT2D eigenvalue weighted by Crippen LogP contribution is -2.42. The van der Waals surface area contributed by atoms with Gasteiger partial charge >= 0.3 is 0 Å².